The fourth-order valence-electron chi connectivity index (χ4n) is 4.37. The topological polar surface area (TPSA) is 48.5 Å². The molecule has 5 heteroatoms. The maximum atomic E-state index is 13.8. The standard InChI is InChI=1S/C27H26N4O/c1-3-30(4-2)21-16-14-19(15-17-21)26-29-25-23(18-20-10-8-9-13-24(20)28-25)27(32)31(26)22-11-6-5-7-12-22/h5-18,26H,3-4H2,1-2H3,(H,28,29)/t26-/m1/s1. The van der Waals surface area contributed by atoms with Crippen LogP contribution in [-0.2, 0) is 0 Å². The summed E-state index contributed by atoms with van der Waals surface area (Å²) in [5, 5.41) is 4.50. The lowest BCUT2D eigenvalue weighted by atomic mass is 10.0. The summed E-state index contributed by atoms with van der Waals surface area (Å²) < 4.78 is 0. The molecule has 5 rings (SSSR count). The van der Waals surface area contributed by atoms with Gasteiger partial charge < -0.3 is 10.2 Å². The van der Waals surface area contributed by atoms with Gasteiger partial charge in [0.05, 0.1) is 11.1 Å². The van der Waals surface area contributed by atoms with Crippen molar-refractivity contribution in [3.05, 3.63) is 96.1 Å². The van der Waals surface area contributed by atoms with Crippen LogP contribution in [0.1, 0.15) is 35.9 Å². The zero-order chi connectivity index (χ0) is 22.1. The first-order chi connectivity index (χ1) is 15.7. The van der Waals surface area contributed by atoms with Gasteiger partial charge in [-0.2, -0.15) is 0 Å². The van der Waals surface area contributed by atoms with Crippen molar-refractivity contribution < 1.29 is 4.79 Å². The highest BCUT2D eigenvalue weighted by Gasteiger charge is 2.35. The molecule has 0 spiro atoms. The van der Waals surface area contributed by atoms with Gasteiger partial charge in [0.2, 0.25) is 0 Å². The summed E-state index contributed by atoms with van der Waals surface area (Å²) in [6, 6.07) is 28.1. The van der Waals surface area contributed by atoms with Gasteiger partial charge in [-0.05, 0) is 55.8 Å². The number of hydrogen-bond donors (Lipinski definition) is 1. The molecule has 2 heterocycles. The highest BCUT2D eigenvalue weighted by atomic mass is 16.2. The third-order valence-electron chi connectivity index (χ3n) is 6.08. The maximum Gasteiger partial charge on any atom is 0.264 e. The summed E-state index contributed by atoms with van der Waals surface area (Å²) >= 11 is 0. The Labute approximate surface area is 188 Å². The number of carbonyl (C=O) groups is 1. The SMILES string of the molecule is CCN(CC)c1ccc([C@@H]2Nc3nc4ccccc4cc3C(=O)N2c2ccccc2)cc1. The fraction of sp³-hybridized carbons (Fsp3) is 0.185. The Hall–Kier alpha value is -3.86. The number of amides is 1. The zero-order valence-corrected chi connectivity index (χ0v) is 18.3. The third kappa shape index (κ3) is 3.46. The molecule has 1 aliphatic heterocycles. The van der Waals surface area contributed by atoms with Crippen molar-refractivity contribution in [3.8, 4) is 0 Å². The van der Waals surface area contributed by atoms with E-state index in [-0.39, 0.29) is 12.1 Å². The minimum atomic E-state index is -0.350. The minimum absolute atomic E-state index is 0.0546. The van der Waals surface area contributed by atoms with Crippen LogP contribution in [0, 0.1) is 0 Å². The lowest BCUT2D eigenvalue weighted by Crippen LogP contribution is -2.43. The van der Waals surface area contributed by atoms with Crippen LogP contribution in [0.4, 0.5) is 17.2 Å². The first kappa shape index (κ1) is 20.1. The van der Waals surface area contributed by atoms with Crippen LogP contribution in [0.25, 0.3) is 10.9 Å². The summed E-state index contributed by atoms with van der Waals surface area (Å²) in [5.74, 6) is 0.569. The summed E-state index contributed by atoms with van der Waals surface area (Å²) in [5.41, 5.74) is 4.50. The third-order valence-corrected chi connectivity index (χ3v) is 6.08. The molecule has 0 unspecified atom stereocenters. The quantitative estimate of drug-likeness (QED) is 0.438. The Morgan fingerprint density at radius 3 is 2.31 bits per heavy atom. The predicted molar refractivity (Wildman–Crippen MR) is 131 cm³/mol. The first-order valence-electron chi connectivity index (χ1n) is 11.1. The highest BCUT2D eigenvalue weighted by molar-refractivity contribution is 6.13. The van der Waals surface area contributed by atoms with Crippen molar-refractivity contribution in [2.75, 3.05) is 28.2 Å². The predicted octanol–water partition coefficient (Wildman–Crippen LogP) is 5.85. The van der Waals surface area contributed by atoms with E-state index in [1.165, 1.54) is 5.69 Å². The first-order valence-corrected chi connectivity index (χ1v) is 11.1. The summed E-state index contributed by atoms with van der Waals surface area (Å²) in [4.78, 5) is 22.7. The van der Waals surface area contributed by atoms with Gasteiger partial charge in [0.25, 0.3) is 5.91 Å². The van der Waals surface area contributed by atoms with Crippen LogP contribution in [0.5, 0.6) is 0 Å². The summed E-state index contributed by atoms with van der Waals surface area (Å²) in [6.45, 7) is 6.22. The van der Waals surface area contributed by atoms with Crippen LogP contribution in [-0.4, -0.2) is 24.0 Å². The molecule has 1 aromatic heterocycles. The molecule has 1 N–H and O–H groups in total. The number of pyridine rings is 1. The number of hydrogen-bond acceptors (Lipinski definition) is 4. The van der Waals surface area contributed by atoms with Gasteiger partial charge in [-0.3, -0.25) is 9.69 Å². The molecule has 32 heavy (non-hydrogen) atoms. The maximum absolute atomic E-state index is 13.8. The van der Waals surface area contributed by atoms with Crippen molar-refractivity contribution in [3.63, 3.8) is 0 Å². The normalized spacial score (nSPS) is 15.4. The van der Waals surface area contributed by atoms with Crippen LogP contribution >= 0.6 is 0 Å². The number of carbonyl (C=O) groups excluding carboxylic acids is 1. The molecule has 0 saturated heterocycles. The van der Waals surface area contributed by atoms with E-state index in [0.717, 1.165) is 35.2 Å². The molecule has 0 fully saturated rings. The Bertz CT molecular complexity index is 1250. The van der Waals surface area contributed by atoms with Gasteiger partial charge >= 0.3 is 0 Å². The lowest BCUT2D eigenvalue weighted by molar-refractivity contribution is 0.0974. The van der Waals surface area contributed by atoms with Gasteiger partial charge in [0, 0.05) is 29.9 Å². The second-order valence-electron chi connectivity index (χ2n) is 7.90. The van der Waals surface area contributed by atoms with Gasteiger partial charge in [0.1, 0.15) is 12.0 Å². The van der Waals surface area contributed by atoms with E-state index in [4.69, 9.17) is 4.98 Å². The minimum Gasteiger partial charge on any atom is -0.372 e. The molecule has 3 aromatic carbocycles. The molecule has 160 valence electrons. The smallest absolute Gasteiger partial charge is 0.264 e. The largest absolute Gasteiger partial charge is 0.372 e. The number of rotatable bonds is 5. The molecule has 5 nitrogen and oxygen atoms in total. The van der Waals surface area contributed by atoms with Crippen LogP contribution < -0.4 is 15.1 Å². The number of benzene rings is 3. The van der Waals surface area contributed by atoms with E-state index in [2.05, 4.69) is 48.3 Å². The average molecular weight is 423 g/mol. The molecular weight excluding hydrogens is 396 g/mol. The molecule has 1 amide bonds. The van der Waals surface area contributed by atoms with Crippen molar-refractivity contribution in [2.24, 2.45) is 0 Å². The van der Waals surface area contributed by atoms with E-state index < -0.39 is 0 Å². The molecule has 0 bridgehead atoms. The number of para-hydroxylation sites is 2. The van der Waals surface area contributed by atoms with Gasteiger partial charge in [-0.15, -0.1) is 0 Å². The van der Waals surface area contributed by atoms with Crippen molar-refractivity contribution in [1.82, 2.24) is 4.98 Å². The lowest BCUT2D eigenvalue weighted by Gasteiger charge is -2.38. The average Bonchev–Trinajstić information content (AvgIpc) is 2.85. The molecule has 1 atom stereocenters. The Morgan fingerprint density at radius 1 is 0.906 bits per heavy atom. The monoisotopic (exact) mass is 422 g/mol. The molecule has 0 radical (unpaired) electrons. The Balaban J connectivity index is 1.61. The van der Waals surface area contributed by atoms with Crippen molar-refractivity contribution >= 4 is 34.0 Å². The molecule has 4 aromatic rings. The molecular formula is C27H26N4O. The van der Waals surface area contributed by atoms with Crippen LogP contribution in [0.15, 0.2) is 84.9 Å². The fourth-order valence-corrected chi connectivity index (χ4v) is 4.37. The van der Waals surface area contributed by atoms with Gasteiger partial charge in [0.15, 0.2) is 0 Å². The van der Waals surface area contributed by atoms with E-state index in [1.54, 1.807) is 0 Å². The second kappa shape index (κ2) is 8.35. The van der Waals surface area contributed by atoms with E-state index >= 15 is 0 Å². The number of aromatic nitrogens is 1. The number of nitrogens with one attached hydrogen (secondary N) is 1. The number of nitrogens with zero attached hydrogens (tertiary/aromatic N) is 3. The van der Waals surface area contributed by atoms with Crippen LogP contribution in [0.3, 0.4) is 0 Å². The van der Waals surface area contributed by atoms with Gasteiger partial charge in [-0.25, -0.2) is 4.98 Å². The zero-order valence-electron chi connectivity index (χ0n) is 18.3. The summed E-state index contributed by atoms with van der Waals surface area (Å²) in [7, 11) is 0. The molecule has 1 aliphatic rings. The number of anilines is 3. The second-order valence-corrected chi connectivity index (χ2v) is 7.90. The summed E-state index contributed by atoms with van der Waals surface area (Å²) in [6.07, 6.45) is -0.350. The highest BCUT2D eigenvalue weighted by Crippen LogP contribution is 2.37. The van der Waals surface area contributed by atoms with Gasteiger partial charge in [-0.1, -0.05) is 48.5 Å². The van der Waals surface area contributed by atoms with E-state index in [0.29, 0.717) is 11.4 Å². The van der Waals surface area contributed by atoms with E-state index in [9.17, 15) is 4.79 Å². The Kier molecular flexibility index (Phi) is 5.23. The van der Waals surface area contributed by atoms with E-state index in [1.807, 2.05) is 65.6 Å². The molecule has 0 aliphatic carbocycles. The molecule has 0 saturated carbocycles. The number of fused-ring (bicyclic) bond motifs is 2. The Morgan fingerprint density at radius 2 is 1.59 bits per heavy atom. The van der Waals surface area contributed by atoms with Crippen molar-refractivity contribution in [1.29, 1.82) is 0 Å². The van der Waals surface area contributed by atoms with Crippen LogP contribution in [0.2, 0.25) is 0 Å². The van der Waals surface area contributed by atoms with Crippen molar-refractivity contribution in [2.45, 2.75) is 20.0 Å².